The minimum atomic E-state index is 0.675. The SMILES string of the molecule is CSC(=NCC(C)C)SC. The molecule has 0 aliphatic rings. The van der Waals surface area contributed by atoms with Crippen LogP contribution in [0.2, 0.25) is 0 Å². The summed E-state index contributed by atoms with van der Waals surface area (Å²) in [6, 6.07) is 0. The van der Waals surface area contributed by atoms with Crippen molar-refractivity contribution < 1.29 is 0 Å². The Labute approximate surface area is 72.1 Å². The Morgan fingerprint density at radius 3 is 2.10 bits per heavy atom. The van der Waals surface area contributed by atoms with Gasteiger partial charge in [0.05, 0.1) is 0 Å². The summed E-state index contributed by atoms with van der Waals surface area (Å²) in [4.78, 5) is 4.40. The van der Waals surface area contributed by atoms with Crippen LogP contribution in [0.1, 0.15) is 13.8 Å². The van der Waals surface area contributed by atoms with Crippen molar-refractivity contribution in [3.05, 3.63) is 0 Å². The molecule has 0 aromatic carbocycles. The van der Waals surface area contributed by atoms with Crippen molar-refractivity contribution >= 4 is 27.9 Å². The van der Waals surface area contributed by atoms with Gasteiger partial charge in [0.25, 0.3) is 0 Å². The maximum Gasteiger partial charge on any atom is 0.124 e. The number of aliphatic imine (C=N–C) groups is 1. The van der Waals surface area contributed by atoms with E-state index < -0.39 is 0 Å². The molecular formula is C7H15NS2. The molecule has 0 aromatic rings. The maximum absolute atomic E-state index is 4.40. The Hall–Kier alpha value is 0.370. The van der Waals surface area contributed by atoms with Gasteiger partial charge in [0.1, 0.15) is 4.38 Å². The average Bonchev–Trinajstić information content (AvgIpc) is 1.90. The molecule has 0 rings (SSSR count). The fourth-order valence-electron chi connectivity index (χ4n) is 0.470. The zero-order chi connectivity index (χ0) is 7.98. The Kier molecular flexibility index (Phi) is 6.33. The quantitative estimate of drug-likeness (QED) is 0.475. The van der Waals surface area contributed by atoms with Crippen LogP contribution in [0.15, 0.2) is 4.99 Å². The van der Waals surface area contributed by atoms with E-state index in [0.717, 1.165) is 6.54 Å². The van der Waals surface area contributed by atoms with Crippen LogP contribution < -0.4 is 0 Å². The van der Waals surface area contributed by atoms with Gasteiger partial charge in [-0.1, -0.05) is 13.8 Å². The van der Waals surface area contributed by atoms with Gasteiger partial charge in [-0.3, -0.25) is 4.99 Å². The summed E-state index contributed by atoms with van der Waals surface area (Å²) in [5, 5.41) is 0. The minimum Gasteiger partial charge on any atom is -0.272 e. The summed E-state index contributed by atoms with van der Waals surface area (Å²) in [6.07, 6.45) is 4.13. The Bertz CT molecular complexity index is 104. The molecule has 0 heterocycles. The topological polar surface area (TPSA) is 12.4 Å². The zero-order valence-corrected chi connectivity index (χ0v) is 8.68. The van der Waals surface area contributed by atoms with Gasteiger partial charge in [0.2, 0.25) is 0 Å². The first-order valence-electron chi connectivity index (χ1n) is 3.33. The van der Waals surface area contributed by atoms with E-state index in [9.17, 15) is 0 Å². The molecule has 10 heavy (non-hydrogen) atoms. The van der Waals surface area contributed by atoms with Crippen molar-refractivity contribution in [3.63, 3.8) is 0 Å². The summed E-state index contributed by atoms with van der Waals surface area (Å²) >= 11 is 3.45. The Balaban J connectivity index is 3.63. The molecular weight excluding hydrogens is 162 g/mol. The lowest BCUT2D eigenvalue weighted by atomic mass is 10.2. The molecule has 3 heteroatoms. The van der Waals surface area contributed by atoms with E-state index in [-0.39, 0.29) is 0 Å². The van der Waals surface area contributed by atoms with Crippen LogP contribution in [-0.2, 0) is 0 Å². The number of hydrogen-bond donors (Lipinski definition) is 0. The zero-order valence-electron chi connectivity index (χ0n) is 7.05. The predicted octanol–water partition coefficient (Wildman–Crippen LogP) is 2.72. The number of hydrogen-bond acceptors (Lipinski definition) is 3. The molecule has 0 aliphatic carbocycles. The Morgan fingerprint density at radius 1 is 1.30 bits per heavy atom. The molecule has 0 aliphatic heterocycles. The van der Waals surface area contributed by atoms with Crippen LogP contribution in [0.3, 0.4) is 0 Å². The normalized spacial score (nSPS) is 10.1. The van der Waals surface area contributed by atoms with Crippen molar-refractivity contribution in [3.8, 4) is 0 Å². The van der Waals surface area contributed by atoms with E-state index in [4.69, 9.17) is 0 Å². The molecule has 0 aromatic heterocycles. The van der Waals surface area contributed by atoms with Crippen molar-refractivity contribution in [1.82, 2.24) is 0 Å². The van der Waals surface area contributed by atoms with E-state index in [0.29, 0.717) is 5.92 Å². The smallest absolute Gasteiger partial charge is 0.124 e. The third-order valence-corrected chi connectivity index (χ3v) is 2.89. The van der Waals surface area contributed by atoms with Crippen molar-refractivity contribution in [2.45, 2.75) is 13.8 Å². The highest BCUT2D eigenvalue weighted by atomic mass is 32.2. The summed E-state index contributed by atoms with van der Waals surface area (Å²) in [5.74, 6) is 0.675. The van der Waals surface area contributed by atoms with Gasteiger partial charge in [-0.25, -0.2) is 0 Å². The van der Waals surface area contributed by atoms with E-state index >= 15 is 0 Å². The van der Waals surface area contributed by atoms with Crippen molar-refractivity contribution in [1.29, 1.82) is 0 Å². The summed E-state index contributed by atoms with van der Waals surface area (Å²) < 4.78 is 1.19. The number of rotatable bonds is 2. The van der Waals surface area contributed by atoms with E-state index in [2.05, 4.69) is 31.4 Å². The third-order valence-electron chi connectivity index (χ3n) is 0.935. The highest BCUT2D eigenvalue weighted by Crippen LogP contribution is 2.11. The van der Waals surface area contributed by atoms with E-state index in [1.165, 1.54) is 4.38 Å². The predicted molar refractivity (Wildman–Crippen MR) is 54.2 cm³/mol. The fraction of sp³-hybridized carbons (Fsp3) is 0.857. The largest absolute Gasteiger partial charge is 0.272 e. The van der Waals surface area contributed by atoms with E-state index in [1.54, 1.807) is 23.5 Å². The summed E-state index contributed by atoms with van der Waals surface area (Å²) in [6.45, 7) is 5.32. The molecule has 0 saturated heterocycles. The monoisotopic (exact) mass is 177 g/mol. The molecule has 0 N–H and O–H groups in total. The summed E-state index contributed by atoms with van der Waals surface area (Å²) in [5.41, 5.74) is 0. The van der Waals surface area contributed by atoms with Crippen molar-refractivity contribution in [2.24, 2.45) is 10.9 Å². The molecule has 1 nitrogen and oxygen atoms in total. The first kappa shape index (κ1) is 10.4. The first-order valence-corrected chi connectivity index (χ1v) is 5.78. The average molecular weight is 177 g/mol. The van der Waals surface area contributed by atoms with E-state index in [1.807, 2.05) is 0 Å². The standard InChI is InChI=1S/C7H15NS2/c1-6(2)5-8-7(9-3)10-4/h6H,5H2,1-4H3. The number of nitrogens with zero attached hydrogens (tertiary/aromatic N) is 1. The lowest BCUT2D eigenvalue weighted by molar-refractivity contribution is 0.667. The Morgan fingerprint density at radius 2 is 1.80 bits per heavy atom. The van der Waals surface area contributed by atoms with Crippen LogP contribution in [-0.4, -0.2) is 23.4 Å². The van der Waals surface area contributed by atoms with Crippen LogP contribution >= 0.6 is 23.5 Å². The minimum absolute atomic E-state index is 0.675. The molecule has 0 radical (unpaired) electrons. The van der Waals surface area contributed by atoms with Crippen LogP contribution in [0.25, 0.3) is 0 Å². The van der Waals surface area contributed by atoms with Crippen LogP contribution in [0.5, 0.6) is 0 Å². The first-order chi connectivity index (χ1) is 4.70. The van der Waals surface area contributed by atoms with Gasteiger partial charge in [-0.2, -0.15) is 0 Å². The number of thioether (sulfide) groups is 2. The lowest BCUT2D eigenvalue weighted by Gasteiger charge is -2.00. The molecule has 0 bridgehead atoms. The molecule has 0 spiro atoms. The fourth-order valence-corrected chi connectivity index (χ4v) is 1.54. The molecule has 60 valence electrons. The molecule has 0 amide bonds. The second kappa shape index (κ2) is 6.10. The van der Waals surface area contributed by atoms with Gasteiger partial charge in [0, 0.05) is 6.54 Å². The highest BCUT2D eigenvalue weighted by Gasteiger charge is 1.94. The van der Waals surface area contributed by atoms with Crippen LogP contribution in [0.4, 0.5) is 0 Å². The second-order valence-electron chi connectivity index (χ2n) is 2.41. The molecule has 0 fully saturated rings. The van der Waals surface area contributed by atoms with Crippen LogP contribution in [0, 0.1) is 5.92 Å². The maximum atomic E-state index is 4.40. The van der Waals surface area contributed by atoms with Gasteiger partial charge in [0.15, 0.2) is 0 Å². The third kappa shape index (κ3) is 5.18. The van der Waals surface area contributed by atoms with Gasteiger partial charge in [-0.05, 0) is 18.4 Å². The molecule has 0 unspecified atom stereocenters. The van der Waals surface area contributed by atoms with Gasteiger partial charge < -0.3 is 0 Å². The summed E-state index contributed by atoms with van der Waals surface area (Å²) in [7, 11) is 0. The van der Waals surface area contributed by atoms with Gasteiger partial charge >= 0.3 is 0 Å². The van der Waals surface area contributed by atoms with Gasteiger partial charge in [-0.15, -0.1) is 23.5 Å². The molecule has 0 atom stereocenters. The lowest BCUT2D eigenvalue weighted by Crippen LogP contribution is -1.94. The highest BCUT2D eigenvalue weighted by molar-refractivity contribution is 8.38. The second-order valence-corrected chi connectivity index (χ2v) is 4.26. The van der Waals surface area contributed by atoms with Crippen molar-refractivity contribution in [2.75, 3.05) is 19.1 Å². The molecule has 0 saturated carbocycles.